The third kappa shape index (κ3) is 4.68. The number of rotatable bonds is 0. The Bertz CT molecular complexity index is 1100. The van der Waals surface area contributed by atoms with Gasteiger partial charge < -0.3 is 39.7 Å². The lowest BCUT2D eigenvalue weighted by molar-refractivity contribution is -0.767. The molecule has 0 spiro atoms. The Kier molecular flexibility index (Phi) is 6.58. The number of phosphoric acid groups is 2. The molecule has 4 aliphatic heterocycles. The maximum atomic E-state index is 12.2. The molecule has 0 aliphatic carbocycles. The number of fused-ring (bicyclic) bond motifs is 7. The van der Waals surface area contributed by atoms with Gasteiger partial charge in [0.15, 0.2) is 11.7 Å². The molecule has 6 heterocycles. The van der Waals surface area contributed by atoms with Gasteiger partial charge in [-0.1, -0.05) is 0 Å². The van der Waals surface area contributed by atoms with E-state index >= 15 is 0 Å². The number of hydrogen-bond donors (Lipinski definition) is 6. The van der Waals surface area contributed by atoms with Gasteiger partial charge in [-0.15, -0.1) is 0 Å². The van der Waals surface area contributed by atoms with Crippen molar-refractivity contribution in [2.24, 2.45) is 0 Å². The van der Waals surface area contributed by atoms with Crippen molar-refractivity contribution in [2.75, 3.05) is 13.2 Å². The molecule has 0 saturated carbocycles. The van der Waals surface area contributed by atoms with E-state index in [2.05, 4.69) is 23.3 Å². The van der Waals surface area contributed by atoms with E-state index in [-0.39, 0.29) is 11.2 Å². The van der Waals surface area contributed by atoms with Crippen LogP contribution in [0.2, 0.25) is 0 Å². The molecule has 19 heteroatoms. The van der Waals surface area contributed by atoms with E-state index in [0.717, 1.165) is 0 Å². The van der Waals surface area contributed by atoms with Gasteiger partial charge in [0, 0.05) is 4.31 Å². The fourth-order valence-electron chi connectivity index (χ4n) is 4.22. The van der Waals surface area contributed by atoms with E-state index in [1.54, 1.807) is 6.92 Å². The lowest BCUT2D eigenvalue weighted by Gasteiger charge is -2.26. The molecular weight excluding hydrogens is 518 g/mol. The van der Waals surface area contributed by atoms with Gasteiger partial charge in [0.25, 0.3) is 12.0 Å². The quantitative estimate of drug-likeness (QED) is 0.136. The van der Waals surface area contributed by atoms with Gasteiger partial charge in [-0.05, 0) is 11.9 Å². The fourth-order valence-corrected chi connectivity index (χ4v) is 6.31. The van der Waals surface area contributed by atoms with Crippen LogP contribution < -0.4 is 14.4 Å². The number of aliphatic hydroxyl groups is 4. The molecule has 8 bridgehead atoms. The van der Waals surface area contributed by atoms with Crippen molar-refractivity contribution in [3.8, 4) is 0 Å². The smallest absolute Gasteiger partial charge is 0.434 e. The molecule has 6 rings (SSSR count). The molecule has 2 aromatic heterocycles. The minimum Gasteiger partial charge on any atom is -0.603 e. The summed E-state index contributed by atoms with van der Waals surface area (Å²) in [6.07, 6.45) is -8.55. The first kappa shape index (κ1) is 25.5. The first-order chi connectivity index (χ1) is 16.4. The van der Waals surface area contributed by atoms with E-state index < -0.39 is 78.6 Å². The van der Waals surface area contributed by atoms with Crippen LogP contribution >= 0.6 is 16.3 Å². The number of ether oxygens (including phenoxy) is 2. The molecule has 6 N–H and O–H groups in total. The van der Waals surface area contributed by atoms with Gasteiger partial charge in [-0.2, -0.15) is 18.8 Å². The second-order valence-corrected chi connectivity index (χ2v) is 11.3. The predicted octanol–water partition coefficient (Wildman–Crippen LogP) is -4.61. The standard InChI is InChI=1S/C16H22N4O13P2/c1-6-18-7-2-19-5-17-14(7)20(6)16-13(24)11(22)9(32-16)4-30-35(27,28)33-34(25,26)29-3-8-10(21)12(23)15(19)31-8/h2,5,8-13,15-16,21-24H,3-4H2,1H3,(H-,25,26,27,28)/p+1/t8-,9-,10-,11-,12-,13-,15-,16-/m1/s1. The molecule has 0 amide bonds. The normalized spacial score (nSPS) is 44.7. The zero-order chi connectivity index (χ0) is 25.3. The highest BCUT2D eigenvalue weighted by molar-refractivity contribution is 7.66. The van der Waals surface area contributed by atoms with Gasteiger partial charge in [0.05, 0.1) is 0 Å². The Labute approximate surface area is 197 Å². The third-order valence-electron chi connectivity index (χ3n) is 5.91. The molecule has 2 aromatic rings. The van der Waals surface area contributed by atoms with Crippen LogP contribution in [0.4, 0.5) is 0 Å². The van der Waals surface area contributed by atoms with E-state index in [1.807, 2.05) is 0 Å². The Balaban J connectivity index is 1.55. The van der Waals surface area contributed by atoms with Crippen LogP contribution in [0.3, 0.4) is 0 Å². The number of nitrogens with zero attached hydrogens (tertiary/aromatic N) is 4. The number of imidazole rings is 1. The first-order valence-electron chi connectivity index (χ1n) is 10.3. The lowest BCUT2D eigenvalue weighted by Crippen LogP contribution is -2.46. The molecule has 2 saturated heterocycles. The summed E-state index contributed by atoms with van der Waals surface area (Å²) < 4.78 is 27.5. The molecule has 4 aliphatic rings. The molecular formula is C16H23N4O13P2+. The number of phosphoric ester groups is 2. The summed E-state index contributed by atoms with van der Waals surface area (Å²) >= 11 is 0. The van der Waals surface area contributed by atoms with Gasteiger partial charge >= 0.3 is 16.3 Å². The maximum Gasteiger partial charge on any atom is 0.434 e. The monoisotopic (exact) mass is 541 g/mol. The Hall–Kier alpha value is -1.11. The van der Waals surface area contributed by atoms with Crippen LogP contribution in [0, 0.1) is 6.92 Å². The number of aromatic nitrogens is 4. The van der Waals surface area contributed by atoms with Crippen molar-refractivity contribution in [3.05, 3.63) is 18.3 Å². The molecule has 10 atom stereocenters. The first-order valence-corrected chi connectivity index (χ1v) is 13.3. The topological polar surface area (TPSA) is 248 Å². The molecule has 2 unspecified atom stereocenters. The molecule has 2 fully saturated rings. The summed E-state index contributed by atoms with van der Waals surface area (Å²) in [4.78, 5) is 52.7. The van der Waals surface area contributed by atoms with E-state index in [0.29, 0.717) is 5.82 Å². The number of aliphatic hydroxyl groups excluding tert-OH is 4. The second-order valence-electron chi connectivity index (χ2n) is 8.26. The summed E-state index contributed by atoms with van der Waals surface area (Å²) in [5.41, 5.74) is 0.525. The largest absolute Gasteiger partial charge is 0.603 e. The fraction of sp³-hybridized carbons (Fsp3) is 0.688. The minimum atomic E-state index is -5.23. The summed E-state index contributed by atoms with van der Waals surface area (Å²) in [5.74, 6) is 0.331. The van der Waals surface area contributed by atoms with Gasteiger partial charge in [0.2, 0.25) is 6.23 Å². The molecule has 0 radical (unpaired) electrons. The van der Waals surface area contributed by atoms with Gasteiger partial charge in [-0.25, -0.2) is 9.55 Å². The second kappa shape index (κ2) is 9.02. The van der Waals surface area contributed by atoms with E-state index in [9.17, 15) is 40.0 Å². The highest BCUT2D eigenvalue weighted by Gasteiger charge is 2.53. The van der Waals surface area contributed by atoms with Gasteiger partial charge in [0.1, 0.15) is 61.9 Å². The van der Waals surface area contributed by atoms with E-state index in [1.165, 1.54) is 21.7 Å². The average molecular weight is 541 g/mol. The third-order valence-corrected chi connectivity index (χ3v) is 8.51. The highest BCUT2D eigenvalue weighted by atomic mass is 31.3. The summed E-state index contributed by atoms with van der Waals surface area (Å²) in [7, 11) is -10.4. The van der Waals surface area contributed by atoms with Crippen molar-refractivity contribution >= 4 is 27.5 Å². The van der Waals surface area contributed by atoms with Crippen LogP contribution in [0.15, 0.2) is 12.5 Å². The van der Waals surface area contributed by atoms with Crippen LogP contribution in [0.5, 0.6) is 0 Å². The zero-order valence-electron chi connectivity index (χ0n) is 17.9. The minimum absolute atomic E-state index is 0.239. The molecule has 17 nitrogen and oxygen atoms in total. The van der Waals surface area contributed by atoms with Gasteiger partial charge in [-0.3, -0.25) is 4.57 Å². The Morgan fingerprint density at radius 1 is 0.971 bits per heavy atom. The highest BCUT2D eigenvalue weighted by Crippen LogP contribution is 2.65. The van der Waals surface area contributed by atoms with Crippen LogP contribution in [-0.2, 0) is 22.8 Å². The summed E-state index contributed by atoms with van der Waals surface area (Å²) in [5, 5.41) is 41.7. The Morgan fingerprint density at radius 2 is 1.57 bits per heavy atom. The van der Waals surface area contributed by atoms with Crippen molar-refractivity contribution < 1.29 is 67.4 Å². The van der Waals surface area contributed by atoms with Crippen LogP contribution in [0.1, 0.15) is 18.3 Å². The van der Waals surface area contributed by atoms with Crippen molar-refractivity contribution in [2.45, 2.75) is 56.0 Å². The summed E-state index contributed by atoms with van der Waals surface area (Å²) in [6, 6.07) is 0. The van der Waals surface area contributed by atoms with Crippen LogP contribution in [-0.4, -0.2) is 94.6 Å². The Morgan fingerprint density at radius 3 is 2.23 bits per heavy atom. The molecule has 194 valence electrons. The van der Waals surface area contributed by atoms with Crippen LogP contribution in [0.25, 0.3) is 11.2 Å². The molecule has 35 heavy (non-hydrogen) atoms. The number of hydrogen-bond acceptors (Lipinski definition) is 15. The lowest BCUT2D eigenvalue weighted by atomic mass is 10.1. The summed E-state index contributed by atoms with van der Waals surface area (Å²) in [6.45, 7) is -0.0158. The molecule has 0 aromatic carbocycles. The predicted molar refractivity (Wildman–Crippen MR) is 106 cm³/mol. The number of aryl methyl sites for hydroxylation is 1. The SMILES string of the molecule is Cc1nc2c[n+]3cnc2n1[C@@H]1O[C@H](CO[P+]([O-])(O)O[P+]([O-])(O)OC[C@H]2O[C@@H]3[C@H](O)[C@@H]2O)[C@@H](O)[C@H]1O. The maximum absolute atomic E-state index is 12.2. The van der Waals surface area contributed by atoms with Crippen molar-refractivity contribution in [1.82, 2.24) is 14.5 Å². The van der Waals surface area contributed by atoms with E-state index in [4.69, 9.17) is 9.47 Å². The average Bonchev–Trinajstić information content (AvgIpc) is 3.35. The zero-order valence-corrected chi connectivity index (χ0v) is 19.7. The van der Waals surface area contributed by atoms with Crippen molar-refractivity contribution in [3.63, 3.8) is 0 Å². The van der Waals surface area contributed by atoms with Crippen molar-refractivity contribution in [1.29, 1.82) is 0 Å².